The number of nitrogens with zero attached hydrogens (tertiary/aromatic N) is 2. The van der Waals surface area contributed by atoms with E-state index >= 15 is 0 Å². The third-order valence-corrected chi connectivity index (χ3v) is 5.39. The van der Waals surface area contributed by atoms with Gasteiger partial charge in [-0.25, -0.2) is 4.98 Å². The second-order valence-corrected chi connectivity index (χ2v) is 6.28. The number of methoxy groups -OCH3 is 1. The van der Waals surface area contributed by atoms with Gasteiger partial charge in [0.05, 0.1) is 19.3 Å². The first-order valence-corrected chi connectivity index (χ1v) is 7.17. The maximum Gasteiger partial charge on any atom is 0.213 e. The summed E-state index contributed by atoms with van der Waals surface area (Å²) in [5.74, 6) is 1.50. The smallest absolute Gasteiger partial charge is 0.213 e. The molecule has 1 aromatic rings. The Balaban J connectivity index is 2.19. The molecule has 4 nitrogen and oxygen atoms in total. The number of aliphatic hydroxyl groups excluding tert-OH is 1. The number of aliphatic hydroxyl groups is 1. The first kappa shape index (κ1) is 13.4. The lowest BCUT2D eigenvalue weighted by Crippen LogP contribution is -2.56. The van der Waals surface area contributed by atoms with E-state index < -0.39 is 11.5 Å². The number of hydrogen-bond acceptors (Lipinski definition) is 4. The van der Waals surface area contributed by atoms with Crippen molar-refractivity contribution < 1.29 is 9.84 Å². The maximum absolute atomic E-state index is 10.7. The van der Waals surface area contributed by atoms with Crippen molar-refractivity contribution >= 4 is 0 Å². The minimum absolute atomic E-state index is 0.102. The molecule has 2 aliphatic carbocycles. The standard InChI is InChI=1S/C16H20N2O2/c1-9-7-16(8-17)12-4-5-14(20-3)18-13(12)6-11(10(9)2)15(16)19/h4-5,9-11,15,19H,6-7H2,1-3H3/t9?,10?,11?,15-,16?/m0/s1. The van der Waals surface area contributed by atoms with E-state index in [2.05, 4.69) is 24.9 Å². The third kappa shape index (κ3) is 1.59. The second kappa shape index (κ2) is 4.46. The zero-order chi connectivity index (χ0) is 14.5. The molecule has 20 heavy (non-hydrogen) atoms. The highest BCUT2D eigenvalue weighted by molar-refractivity contribution is 5.44. The summed E-state index contributed by atoms with van der Waals surface area (Å²) in [6.07, 6.45) is 0.827. The van der Waals surface area contributed by atoms with Crippen LogP contribution in [0, 0.1) is 29.1 Å². The molecule has 4 unspecified atom stereocenters. The van der Waals surface area contributed by atoms with Crippen molar-refractivity contribution in [3.8, 4) is 11.9 Å². The molecule has 4 heteroatoms. The van der Waals surface area contributed by atoms with E-state index in [0.717, 1.165) is 17.7 Å². The van der Waals surface area contributed by atoms with Crippen LogP contribution in [-0.4, -0.2) is 23.3 Å². The van der Waals surface area contributed by atoms with Crippen LogP contribution < -0.4 is 4.74 Å². The fraction of sp³-hybridized carbons (Fsp3) is 0.625. The third-order valence-electron chi connectivity index (χ3n) is 5.39. The molecule has 0 saturated heterocycles. The number of ether oxygens (including phenoxy) is 1. The van der Waals surface area contributed by atoms with E-state index in [4.69, 9.17) is 4.74 Å². The summed E-state index contributed by atoms with van der Waals surface area (Å²) >= 11 is 0. The monoisotopic (exact) mass is 272 g/mol. The molecule has 1 N–H and O–H groups in total. The normalized spacial score (nSPS) is 38.8. The lowest BCUT2D eigenvalue weighted by atomic mass is 9.53. The lowest BCUT2D eigenvalue weighted by Gasteiger charge is -2.51. The Kier molecular flexibility index (Phi) is 2.98. The van der Waals surface area contributed by atoms with Crippen LogP contribution in [0.5, 0.6) is 5.88 Å². The first-order valence-electron chi connectivity index (χ1n) is 7.17. The van der Waals surface area contributed by atoms with Crippen molar-refractivity contribution in [2.75, 3.05) is 7.11 Å². The average molecular weight is 272 g/mol. The van der Waals surface area contributed by atoms with Gasteiger partial charge in [-0.1, -0.05) is 19.9 Å². The number of nitriles is 1. The molecule has 2 aliphatic rings. The molecular formula is C16H20N2O2. The van der Waals surface area contributed by atoms with Gasteiger partial charge in [0.25, 0.3) is 0 Å². The van der Waals surface area contributed by atoms with Crippen molar-refractivity contribution in [1.82, 2.24) is 4.98 Å². The van der Waals surface area contributed by atoms with Gasteiger partial charge in [-0.2, -0.15) is 5.26 Å². The summed E-state index contributed by atoms with van der Waals surface area (Å²) in [4.78, 5) is 4.52. The van der Waals surface area contributed by atoms with Crippen molar-refractivity contribution in [3.05, 3.63) is 23.4 Å². The number of aromatic nitrogens is 1. The van der Waals surface area contributed by atoms with Crippen molar-refractivity contribution in [2.45, 2.75) is 38.2 Å². The highest BCUT2D eigenvalue weighted by Gasteiger charge is 2.55. The van der Waals surface area contributed by atoms with Gasteiger partial charge in [0.2, 0.25) is 5.88 Å². The molecule has 5 atom stereocenters. The van der Waals surface area contributed by atoms with Crippen molar-refractivity contribution in [2.24, 2.45) is 17.8 Å². The molecule has 1 saturated carbocycles. The van der Waals surface area contributed by atoms with Gasteiger partial charge < -0.3 is 9.84 Å². The molecule has 0 radical (unpaired) electrons. The van der Waals surface area contributed by atoms with E-state index in [1.807, 2.05) is 6.07 Å². The van der Waals surface area contributed by atoms with E-state index in [9.17, 15) is 10.4 Å². The van der Waals surface area contributed by atoms with Gasteiger partial charge in [0.15, 0.2) is 0 Å². The van der Waals surface area contributed by atoms with E-state index in [1.165, 1.54) is 0 Å². The average Bonchev–Trinajstić information content (AvgIpc) is 2.46. The molecule has 1 fully saturated rings. The Morgan fingerprint density at radius 3 is 2.85 bits per heavy atom. The Morgan fingerprint density at radius 2 is 2.20 bits per heavy atom. The molecule has 3 rings (SSSR count). The van der Waals surface area contributed by atoms with E-state index in [0.29, 0.717) is 24.1 Å². The Morgan fingerprint density at radius 1 is 1.45 bits per heavy atom. The lowest BCUT2D eigenvalue weighted by molar-refractivity contribution is -0.0420. The van der Waals surface area contributed by atoms with Gasteiger partial charge in [-0.15, -0.1) is 0 Å². The fourth-order valence-electron chi connectivity index (χ4n) is 4.01. The van der Waals surface area contributed by atoms with E-state index in [-0.39, 0.29) is 5.92 Å². The molecule has 106 valence electrons. The van der Waals surface area contributed by atoms with Gasteiger partial charge in [0.1, 0.15) is 5.41 Å². The number of rotatable bonds is 1. The van der Waals surface area contributed by atoms with Crippen LogP contribution in [0.3, 0.4) is 0 Å². The largest absolute Gasteiger partial charge is 0.481 e. The zero-order valence-corrected chi connectivity index (χ0v) is 12.1. The Labute approximate surface area is 119 Å². The second-order valence-electron chi connectivity index (χ2n) is 6.28. The van der Waals surface area contributed by atoms with Crippen LogP contribution in [0.15, 0.2) is 12.1 Å². The number of hydrogen-bond donors (Lipinski definition) is 1. The molecule has 0 spiro atoms. The molecular weight excluding hydrogens is 252 g/mol. The van der Waals surface area contributed by atoms with Crippen LogP contribution in [0.4, 0.5) is 0 Å². The summed E-state index contributed by atoms with van der Waals surface area (Å²) in [5.41, 5.74) is 1.01. The quantitative estimate of drug-likeness (QED) is 0.849. The summed E-state index contributed by atoms with van der Waals surface area (Å²) in [5, 5.41) is 20.5. The highest BCUT2D eigenvalue weighted by Crippen LogP contribution is 2.52. The zero-order valence-electron chi connectivity index (χ0n) is 12.1. The molecule has 2 bridgehead atoms. The predicted molar refractivity (Wildman–Crippen MR) is 74.2 cm³/mol. The summed E-state index contributed by atoms with van der Waals surface area (Å²) in [7, 11) is 1.60. The molecule has 1 heterocycles. The highest BCUT2D eigenvalue weighted by atomic mass is 16.5. The molecule has 0 amide bonds. The Hall–Kier alpha value is -1.60. The minimum Gasteiger partial charge on any atom is -0.481 e. The number of fused-ring (bicyclic) bond motifs is 4. The van der Waals surface area contributed by atoms with Crippen LogP contribution in [0.25, 0.3) is 0 Å². The molecule has 1 aromatic heterocycles. The van der Waals surface area contributed by atoms with Gasteiger partial charge in [0, 0.05) is 11.8 Å². The van der Waals surface area contributed by atoms with Crippen molar-refractivity contribution in [1.29, 1.82) is 5.26 Å². The van der Waals surface area contributed by atoms with Crippen LogP contribution in [-0.2, 0) is 11.8 Å². The fourth-order valence-corrected chi connectivity index (χ4v) is 4.01. The topological polar surface area (TPSA) is 66.1 Å². The summed E-state index contributed by atoms with van der Waals surface area (Å²) in [6.45, 7) is 4.35. The summed E-state index contributed by atoms with van der Waals surface area (Å²) < 4.78 is 5.19. The van der Waals surface area contributed by atoms with Crippen LogP contribution >= 0.6 is 0 Å². The molecule has 0 aliphatic heterocycles. The van der Waals surface area contributed by atoms with Gasteiger partial charge >= 0.3 is 0 Å². The maximum atomic E-state index is 10.7. The number of pyridine rings is 1. The SMILES string of the molecule is COc1ccc2c(n1)CC1C(C)C(C)CC2(C#N)[C@H]1O. The first-order chi connectivity index (χ1) is 9.53. The Bertz CT molecular complexity index is 580. The molecule has 0 aromatic carbocycles. The predicted octanol–water partition coefficient (Wildman–Crippen LogP) is 2.06. The van der Waals surface area contributed by atoms with Crippen molar-refractivity contribution in [3.63, 3.8) is 0 Å². The summed E-state index contributed by atoms with van der Waals surface area (Å²) in [6, 6.07) is 6.11. The van der Waals surface area contributed by atoms with Crippen LogP contribution in [0.2, 0.25) is 0 Å². The van der Waals surface area contributed by atoms with E-state index in [1.54, 1.807) is 13.2 Å². The van der Waals surface area contributed by atoms with Gasteiger partial charge in [-0.3, -0.25) is 0 Å². The minimum atomic E-state index is -0.802. The van der Waals surface area contributed by atoms with Crippen LogP contribution in [0.1, 0.15) is 31.5 Å². The van der Waals surface area contributed by atoms with Gasteiger partial charge in [-0.05, 0) is 36.2 Å².